The van der Waals surface area contributed by atoms with E-state index in [0.29, 0.717) is 38.1 Å². The molecule has 1 N–H and O–H groups in total. The van der Waals surface area contributed by atoms with Crippen molar-refractivity contribution in [1.82, 2.24) is 24.7 Å². The molecule has 0 saturated heterocycles. The first-order valence-corrected chi connectivity index (χ1v) is 9.24. The maximum absolute atomic E-state index is 5.52. The van der Waals surface area contributed by atoms with Crippen LogP contribution >= 0.6 is 0 Å². The van der Waals surface area contributed by atoms with E-state index in [1.165, 1.54) is 0 Å². The van der Waals surface area contributed by atoms with Crippen LogP contribution in [0, 0.1) is 6.92 Å². The molecule has 0 aliphatic rings. The van der Waals surface area contributed by atoms with Crippen molar-refractivity contribution in [2.24, 2.45) is 0 Å². The fourth-order valence-electron chi connectivity index (χ4n) is 2.84. The highest BCUT2D eigenvalue weighted by Crippen LogP contribution is 2.28. The Labute approximate surface area is 164 Å². The summed E-state index contributed by atoms with van der Waals surface area (Å²) in [4.78, 5) is 15.7. The molecule has 0 atom stereocenters. The van der Waals surface area contributed by atoms with Crippen LogP contribution in [0.3, 0.4) is 0 Å². The van der Waals surface area contributed by atoms with Crippen LogP contribution < -0.4 is 10.2 Å². The Kier molecular flexibility index (Phi) is 6.37. The number of nitrogens with zero attached hydrogens (tertiary/aromatic N) is 6. The van der Waals surface area contributed by atoms with Gasteiger partial charge in [0.2, 0.25) is 5.95 Å². The summed E-state index contributed by atoms with van der Waals surface area (Å²) in [6, 6.07) is 3.93. The number of pyridine rings is 1. The largest absolute Gasteiger partial charge is 0.380 e. The highest BCUT2D eigenvalue weighted by atomic mass is 16.5. The summed E-state index contributed by atoms with van der Waals surface area (Å²) in [5.41, 5.74) is 3.44. The van der Waals surface area contributed by atoms with E-state index < -0.39 is 0 Å². The van der Waals surface area contributed by atoms with E-state index in [1.807, 2.05) is 49.7 Å². The highest BCUT2D eigenvalue weighted by molar-refractivity contribution is 5.90. The molecule has 0 bridgehead atoms. The van der Waals surface area contributed by atoms with Gasteiger partial charge < -0.3 is 19.7 Å². The van der Waals surface area contributed by atoms with Crippen LogP contribution in [0.15, 0.2) is 18.3 Å². The predicted octanol–water partition coefficient (Wildman–Crippen LogP) is 2.52. The summed E-state index contributed by atoms with van der Waals surface area (Å²) in [7, 11) is 5.46. The van der Waals surface area contributed by atoms with Gasteiger partial charge in [-0.05, 0) is 31.5 Å². The minimum atomic E-state index is 0.365. The number of rotatable bonds is 9. The first-order chi connectivity index (χ1) is 13.5. The third-order valence-electron chi connectivity index (χ3n) is 4.14. The van der Waals surface area contributed by atoms with Gasteiger partial charge in [0, 0.05) is 34.0 Å². The molecule has 150 valence electrons. The van der Waals surface area contributed by atoms with Gasteiger partial charge in [0.25, 0.3) is 0 Å². The van der Waals surface area contributed by atoms with Crippen molar-refractivity contribution < 1.29 is 9.47 Å². The van der Waals surface area contributed by atoms with Crippen molar-refractivity contribution in [3.63, 3.8) is 0 Å². The standard InChI is InChI=1S/C19H27N7O2/c1-6-28-10-9-26-17-16(14(24-26)12-27-5)22-19(25(3)4)23-18(17)21-15-11-13(2)7-8-20-15/h7-8,11H,6,9-10,12H2,1-5H3,(H,20,21,22,23). The lowest BCUT2D eigenvalue weighted by Gasteiger charge is -2.14. The third kappa shape index (κ3) is 4.37. The normalized spacial score (nSPS) is 11.2. The molecule has 3 rings (SSSR count). The van der Waals surface area contributed by atoms with Crippen molar-refractivity contribution in [3.8, 4) is 0 Å². The molecule has 0 aromatic carbocycles. The molecule has 3 aromatic heterocycles. The van der Waals surface area contributed by atoms with Crippen molar-refractivity contribution in [1.29, 1.82) is 0 Å². The Morgan fingerprint density at radius 1 is 1.25 bits per heavy atom. The summed E-state index contributed by atoms with van der Waals surface area (Å²) in [6.07, 6.45) is 1.77. The lowest BCUT2D eigenvalue weighted by molar-refractivity contribution is 0.136. The molecule has 0 amide bonds. The molecule has 9 heteroatoms. The van der Waals surface area contributed by atoms with Crippen LogP contribution in [-0.4, -0.2) is 59.2 Å². The van der Waals surface area contributed by atoms with E-state index >= 15 is 0 Å². The lowest BCUT2D eigenvalue weighted by Crippen LogP contribution is -2.15. The van der Waals surface area contributed by atoms with Gasteiger partial charge in [0.05, 0.1) is 19.8 Å². The zero-order chi connectivity index (χ0) is 20.1. The van der Waals surface area contributed by atoms with Crippen LogP contribution in [0.1, 0.15) is 18.2 Å². The molecule has 0 aliphatic heterocycles. The summed E-state index contributed by atoms with van der Waals surface area (Å²) in [6.45, 7) is 6.16. The van der Waals surface area contributed by atoms with Crippen LogP contribution in [0.2, 0.25) is 0 Å². The molecule has 3 heterocycles. The topological polar surface area (TPSA) is 90.2 Å². The Morgan fingerprint density at radius 3 is 2.75 bits per heavy atom. The number of ether oxygens (including phenoxy) is 2. The van der Waals surface area contributed by atoms with E-state index in [4.69, 9.17) is 24.5 Å². The van der Waals surface area contributed by atoms with Gasteiger partial charge in [-0.2, -0.15) is 10.1 Å². The zero-order valence-corrected chi connectivity index (χ0v) is 17.1. The maximum Gasteiger partial charge on any atom is 0.227 e. The van der Waals surface area contributed by atoms with Gasteiger partial charge in [-0.25, -0.2) is 9.97 Å². The van der Waals surface area contributed by atoms with E-state index in [2.05, 4.69) is 10.3 Å². The first-order valence-electron chi connectivity index (χ1n) is 9.24. The number of aryl methyl sites for hydroxylation is 1. The smallest absolute Gasteiger partial charge is 0.227 e. The predicted molar refractivity (Wildman–Crippen MR) is 109 cm³/mol. The molecule has 3 aromatic rings. The van der Waals surface area contributed by atoms with Gasteiger partial charge in [0.1, 0.15) is 22.5 Å². The Bertz CT molecular complexity index is 939. The second-order valence-corrected chi connectivity index (χ2v) is 6.61. The number of hydrogen-bond acceptors (Lipinski definition) is 8. The molecule has 0 unspecified atom stereocenters. The number of fused-ring (bicyclic) bond motifs is 1. The second kappa shape index (κ2) is 8.94. The molecule has 0 radical (unpaired) electrons. The average Bonchev–Trinajstić information content (AvgIpc) is 3.00. The molecule has 0 saturated carbocycles. The van der Waals surface area contributed by atoms with Gasteiger partial charge >= 0.3 is 0 Å². The second-order valence-electron chi connectivity index (χ2n) is 6.61. The Hall–Kier alpha value is -2.78. The van der Waals surface area contributed by atoms with Crippen molar-refractivity contribution in [2.45, 2.75) is 27.0 Å². The van der Waals surface area contributed by atoms with E-state index in [0.717, 1.165) is 28.1 Å². The zero-order valence-electron chi connectivity index (χ0n) is 17.1. The summed E-state index contributed by atoms with van der Waals surface area (Å²) in [5.74, 6) is 1.96. The molecule has 0 aliphatic carbocycles. The summed E-state index contributed by atoms with van der Waals surface area (Å²) in [5, 5.41) is 8.04. The van der Waals surface area contributed by atoms with E-state index in [-0.39, 0.29) is 0 Å². The van der Waals surface area contributed by atoms with Gasteiger partial charge in [-0.15, -0.1) is 0 Å². The van der Waals surface area contributed by atoms with E-state index in [9.17, 15) is 0 Å². The number of aromatic nitrogens is 5. The lowest BCUT2D eigenvalue weighted by atomic mass is 10.3. The molecular formula is C19H27N7O2. The molecule has 0 fully saturated rings. The minimum absolute atomic E-state index is 0.365. The highest BCUT2D eigenvalue weighted by Gasteiger charge is 2.20. The molecule has 0 spiro atoms. The number of nitrogens with one attached hydrogen (secondary N) is 1. The average molecular weight is 385 g/mol. The van der Waals surface area contributed by atoms with Gasteiger partial charge in [-0.1, -0.05) is 0 Å². The maximum atomic E-state index is 5.52. The SMILES string of the molecule is CCOCCn1nc(COC)c2nc(N(C)C)nc(Nc3cc(C)ccn3)c21. The number of anilines is 3. The fraction of sp³-hybridized carbons (Fsp3) is 0.474. The van der Waals surface area contributed by atoms with Crippen molar-refractivity contribution in [2.75, 3.05) is 44.6 Å². The van der Waals surface area contributed by atoms with Crippen LogP contribution in [0.25, 0.3) is 11.0 Å². The number of hydrogen-bond donors (Lipinski definition) is 1. The van der Waals surface area contributed by atoms with Gasteiger partial charge in [0.15, 0.2) is 5.82 Å². The number of methoxy groups -OCH3 is 1. The fourth-order valence-corrected chi connectivity index (χ4v) is 2.84. The Balaban J connectivity index is 2.14. The van der Waals surface area contributed by atoms with E-state index in [1.54, 1.807) is 13.3 Å². The van der Waals surface area contributed by atoms with Crippen molar-refractivity contribution in [3.05, 3.63) is 29.6 Å². The quantitative estimate of drug-likeness (QED) is 0.562. The van der Waals surface area contributed by atoms with Crippen LogP contribution in [0.5, 0.6) is 0 Å². The molecule has 9 nitrogen and oxygen atoms in total. The van der Waals surface area contributed by atoms with Crippen LogP contribution in [-0.2, 0) is 22.6 Å². The molecule has 28 heavy (non-hydrogen) atoms. The van der Waals surface area contributed by atoms with Gasteiger partial charge in [-0.3, -0.25) is 4.68 Å². The first kappa shape index (κ1) is 20.0. The molecular weight excluding hydrogens is 358 g/mol. The monoisotopic (exact) mass is 385 g/mol. The summed E-state index contributed by atoms with van der Waals surface area (Å²) < 4.78 is 12.7. The minimum Gasteiger partial charge on any atom is -0.380 e. The van der Waals surface area contributed by atoms with Crippen LogP contribution in [0.4, 0.5) is 17.6 Å². The Morgan fingerprint density at radius 2 is 2.07 bits per heavy atom. The van der Waals surface area contributed by atoms with Crippen molar-refractivity contribution >= 4 is 28.6 Å². The third-order valence-corrected chi connectivity index (χ3v) is 4.14. The summed E-state index contributed by atoms with van der Waals surface area (Å²) >= 11 is 0.